The van der Waals surface area contributed by atoms with Crippen LogP contribution in [-0.4, -0.2) is 17.7 Å². The third kappa shape index (κ3) is 3.83. The summed E-state index contributed by atoms with van der Waals surface area (Å²) < 4.78 is 14.9. The fourth-order valence-electron chi connectivity index (χ4n) is 1.72. The zero-order chi connectivity index (χ0) is 12.1. The molecule has 0 saturated carbocycles. The van der Waals surface area contributed by atoms with Gasteiger partial charge in [0.15, 0.2) is 0 Å². The van der Waals surface area contributed by atoms with Crippen LogP contribution in [-0.2, 0) is 6.42 Å². The molecule has 0 aromatic carbocycles. The summed E-state index contributed by atoms with van der Waals surface area (Å²) >= 11 is 3.30. The molecule has 0 aliphatic heterocycles. The van der Waals surface area contributed by atoms with Crippen LogP contribution in [0.25, 0.3) is 0 Å². The van der Waals surface area contributed by atoms with Crippen molar-refractivity contribution in [2.24, 2.45) is 17.6 Å². The molecule has 0 aliphatic rings. The molecule has 2 unspecified atom stereocenters. The summed E-state index contributed by atoms with van der Waals surface area (Å²) in [5.41, 5.74) is 6.36. The fraction of sp³-hybridized carbons (Fsp3) is 0.583. The predicted molar refractivity (Wildman–Crippen MR) is 67.9 cm³/mol. The summed E-state index contributed by atoms with van der Waals surface area (Å²) in [4.78, 5) is 4.17. The van der Waals surface area contributed by atoms with Gasteiger partial charge in [0.25, 0.3) is 0 Å². The predicted octanol–water partition coefficient (Wildman–Crippen LogP) is 2.96. The van der Waals surface area contributed by atoms with Crippen LogP contribution < -0.4 is 5.73 Å². The Morgan fingerprint density at radius 1 is 1.44 bits per heavy atom. The van der Waals surface area contributed by atoms with Crippen LogP contribution in [0.5, 0.6) is 0 Å². The Morgan fingerprint density at radius 2 is 2.12 bits per heavy atom. The molecular formula is C12H18BrFN2. The van der Waals surface area contributed by atoms with Gasteiger partial charge in [0, 0.05) is 28.7 Å². The maximum absolute atomic E-state index is 14.0. The molecule has 1 heterocycles. The molecule has 0 amide bonds. The molecule has 0 saturated heterocycles. The number of hydrogen-bond acceptors (Lipinski definition) is 2. The molecule has 4 heteroatoms. The number of nitrogens with zero attached hydrogens (tertiary/aromatic N) is 1. The Morgan fingerprint density at radius 3 is 2.56 bits per heavy atom. The van der Waals surface area contributed by atoms with Crippen LogP contribution in [0.3, 0.4) is 0 Å². The monoisotopic (exact) mass is 288 g/mol. The molecule has 1 aromatic rings. The normalized spacial score (nSPS) is 15.1. The van der Waals surface area contributed by atoms with Crippen molar-refractivity contribution in [3.63, 3.8) is 0 Å². The van der Waals surface area contributed by atoms with E-state index in [0.717, 1.165) is 10.2 Å². The van der Waals surface area contributed by atoms with E-state index in [0.29, 0.717) is 13.0 Å². The van der Waals surface area contributed by atoms with Crippen LogP contribution in [0.1, 0.15) is 19.5 Å². The highest BCUT2D eigenvalue weighted by Gasteiger charge is 2.23. The molecule has 2 N–H and O–H groups in total. The summed E-state index contributed by atoms with van der Waals surface area (Å²) in [7, 11) is 0. The Labute approximate surface area is 105 Å². The quantitative estimate of drug-likeness (QED) is 0.905. The summed E-state index contributed by atoms with van der Waals surface area (Å²) in [5, 5.41) is 0. The summed E-state index contributed by atoms with van der Waals surface area (Å²) in [5.74, 6) is 0.167. The average Bonchev–Trinajstić information content (AvgIpc) is 2.22. The van der Waals surface area contributed by atoms with E-state index in [1.54, 1.807) is 6.20 Å². The highest BCUT2D eigenvalue weighted by molar-refractivity contribution is 9.10. The van der Waals surface area contributed by atoms with Crippen molar-refractivity contribution < 1.29 is 4.39 Å². The highest BCUT2D eigenvalue weighted by atomic mass is 79.9. The van der Waals surface area contributed by atoms with Gasteiger partial charge in [-0.3, -0.25) is 4.98 Å². The summed E-state index contributed by atoms with van der Waals surface area (Å²) in [6, 6.07) is 3.71. The molecule has 1 rings (SSSR count). The number of hydrogen-bond donors (Lipinski definition) is 1. The molecule has 0 aliphatic carbocycles. The van der Waals surface area contributed by atoms with Crippen molar-refractivity contribution in [2.75, 3.05) is 6.54 Å². The second kappa shape index (κ2) is 6.30. The number of aromatic nitrogens is 1. The maximum Gasteiger partial charge on any atom is 0.110 e. The van der Waals surface area contributed by atoms with E-state index in [1.807, 2.05) is 26.0 Å². The van der Waals surface area contributed by atoms with E-state index < -0.39 is 6.17 Å². The van der Waals surface area contributed by atoms with Gasteiger partial charge in [-0.25, -0.2) is 4.39 Å². The lowest BCUT2D eigenvalue weighted by atomic mass is 9.89. The number of pyridine rings is 1. The Bertz CT molecular complexity index is 313. The first kappa shape index (κ1) is 13.6. The topological polar surface area (TPSA) is 38.9 Å². The Kier molecular flexibility index (Phi) is 5.35. The molecule has 1 aromatic heterocycles. The van der Waals surface area contributed by atoms with Crippen molar-refractivity contribution in [3.05, 3.63) is 28.5 Å². The largest absolute Gasteiger partial charge is 0.330 e. The summed E-state index contributed by atoms with van der Waals surface area (Å²) in [6.45, 7) is 4.38. The van der Waals surface area contributed by atoms with Crippen molar-refractivity contribution in [3.8, 4) is 0 Å². The van der Waals surface area contributed by atoms with E-state index in [1.165, 1.54) is 0 Å². The van der Waals surface area contributed by atoms with E-state index in [4.69, 9.17) is 5.73 Å². The average molecular weight is 289 g/mol. The minimum absolute atomic E-state index is 0.0922. The third-order valence-corrected chi connectivity index (χ3v) is 3.25. The first-order chi connectivity index (χ1) is 7.54. The molecule has 2 atom stereocenters. The van der Waals surface area contributed by atoms with Gasteiger partial charge in [0.05, 0.1) is 0 Å². The van der Waals surface area contributed by atoms with Gasteiger partial charge in [0.1, 0.15) is 6.17 Å². The molecule has 0 bridgehead atoms. The van der Waals surface area contributed by atoms with Crippen LogP contribution in [0.15, 0.2) is 22.8 Å². The zero-order valence-electron chi connectivity index (χ0n) is 9.66. The lowest BCUT2D eigenvalue weighted by molar-refractivity contribution is 0.184. The maximum atomic E-state index is 14.0. The minimum Gasteiger partial charge on any atom is -0.330 e. The lowest BCUT2D eigenvalue weighted by Crippen LogP contribution is -2.30. The second-order valence-electron chi connectivity index (χ2n) is 4.33. The minimum atomic E-state index is -0.918. The molecule has 16 heavy (non-hydrogen) atoms. The smallest absolute Gasteiger partial charge is 0.110 e. The zero-order valence-corrected chi connectivity index (χ0v) is 11.2. The van der Waals surface area contributed by atoms with Gasteiger partial charge < -0.3 is 5.73 Å². The SMILES string of the molecule is CC(C)C(CN)C(F)Cc1ccc(Br)cn1. The first-order valence-electron chi connectivity index (χ1n) is 5.49. The third-order valence-electron chi connectivity index (χ3n) is 2.79. The van der Waals surface area contributed by atoms with E-state index in [9.17, 15) is 4.39 Å². The first-order valence-corrected chi connectivity index (χ1v) is 6.28. The standard InChI is InChI=1S/C12H18BrFN2/c1-8(2)11(6-15)12(14)5-10-4-3-9(13)7-16-10/h3-4,7-8,11-12H,5-6,15H2,1-2H3. The van der Waals surface area contributed by atoms with Gasteiger partial charge in [-0.05, 0) is 40.5 Å². The summed E-state index contributed by atoms with van der Waals surface area (Å²) in [6.07, 6.45) is 1.11. The van der Waals surface area contributed by atoms with Crippen molar-refractivity contribution in [2.45, 2.75) is 26.4 Å². The fourth-order valence-corrected chi connectivity index (χ4v) is 1.95. The van der Waals surface area contributed by atoms with Crippen LogP contribution in [0.4, 0.5) is 4.39 Å². The molecule has 0 radical (unpaired) electrons. The van der Waals surface area contributed by atoms with Gasteiger partial charge in [-0.2, -0.15) is 0 Å². The highest BCUT2D eigenvalue weighted by Crippen LogP contribution is 2.20. The lowest BCUT2D eigenvalue weighted by Gasteiger charge is -2.22. The molecule has 0 spiro atoms. The second-order valence-corrected chi connectivity index (χ2v) is 5.25. The number of nitrogens with two attached hydrogens (primary N) is 1. The Hall–Kier alpha value is -0.480. The number of alkyl halides is 1. The van der Waals surface area contributed by atoms with Crippen molar-refractivity contribution in [1.29, 1.82) is 0 Å². The number of halogens is 2. The van der Waals surface area contributed by atoms with E-state index in [2.05, 4.69) is 20.9 Å². The number of rotatable bonds is 5. The molecule has 2 nitrogen and oxygen atoms in total. The molecule has 90 valence electrons. The van der Waals surface area contributed by atoms with Crippen molar-refractivity contribution >= 4 is 15.9 Å². The van der Waals surface area contributed by atoms with Gasteiger partial charge in [-0.15, -0.1) is 0 Å². The van der Waals surface area contributed by atoms with Crippen LogP contribution in [0.2, 0.25) is 0 Å². The van der Waals surface area contributed by atoms with Gasteiger partial charge in [-0.1, -0.05) is 13.8 Å². The van der Waals surface area contributed by atoms with E-state index in [-0.39, 0.29) is 11.8 Å². The Balaban J connectivity index is 2.62. The van der Waals surface area contributed by atoms with Gasteiger partial charge >= 0.3 is 0 Å². The van der Waals surface area contributed by atoms with Gasteiger partial charge in [0.2, 0.25) is 0 Å². The van der Waals surface area contributed by atoms with E-state index >= 15 is 0 Å². The molecular weight excluding hydrogens is 271 g/mol. The van der Waals surface area contributed by atoms with Crippen molar-refractivity contribution in [1.82, 2.24) is 4.98 Å². The van der Waals surface area contributed by atoms with Crippen LogP contribution >= 0.6 is 15.9 Å². The van der Waals surface area contributed by atoms with Crippen LogP contribution in [0, 0.1) is 11.8 Å². The molecule has 0 fully saturated rings.